The van der Waals surface area contributed by atoms with Gasteiger partial charge in [-0.15, -0.1) is 11.8 Å². The molecule has 8 nitrogen and oxygen atoms in total. The van der Waals surface area contributed by atoms with Crippen LogP contribution in [0.15, 0.2) is 24.5 Å². The van der Waals surface area contributed by atoms with Crippen molar-refractivity contribution >= 4 is 41.2 Å². The Bertz CT molecular complexity index is 1030. The zero-order chi connectivity index (χ0) is 22.8. The second-order valence-electron chi connectivity index (χ2n) is 7.78. The van der Waals surface area contributed by atoms with Gasteiger partial charge in [-0.1, -0.05) is 17.7 Å². The molecule has 1 fully saturated rings. The summed E-state index contributed by atoms with van der Waals surface area (Å²) in [6.45, 7) is 4.19. The minimum absolute atomic E-state index is 0.0251. The summed E-state index contributed by atoms with van der Waals surface area (Å²) >= 11 is 7.55. The number of fused-ring (bicyclic) bond motifs is 1. The predicted molar refractivity (Wildman–Crippen MR) is 121 cm³/mol. The molecule has 170 valence electrons. The largest absolute Gasteiger partial charge is 0.465 e. The minimum Gasteiger partial charge on any atom is -0.465 e. The van der Waals surface area contributed by atoms with E-state index >= 15 is 0 Å². The van der Waals surface area contributed by atoms with Gasteiger partial charge in [0.15, 0.2) is 0 Å². The van der Waals surface area contributed by atoms with Gasteiger partial charge >= 0.3 is 6.09 Å². The molecule has 0 radical (unpaired) electrons. The second kappa shape index (κ2) is 9.50. The van der Waals surface area contributed by atoms with Crippen LogP contribution in [0.4, 0.5) is 15.0 Å². The van der Waals surface area contributed by atoms with Gasteiger partial charge in [0.05, 0.1) is 10.7 Å². The van der Waals surface area contributed by atoms with Gasteiger partial charge in [0.2, 0.25) is 5.91 Å². The van der Waals surface area contributed by atoms with E-state index in [1.54, 1.807) is 17.3 Å². The Morgan fingerprint density at radius 1 is 1.31 bits per heavy atom. The fraction of sp³-hybridized carbons (Fsp3) is 0.429. The van der Waals surface area contributed by atoms with Gasteiger partial charge < -0.3 is 20.2 Å². The van der Waals surface area contributed by atoms with Crippen molar-refractivity contribution in [1.29, 1.82) is 0 Å². The quantitative estimate of drug-likeness (QED) is 0.679. The molecule has 4 rings (SSSR count). The van der Waals surface area contributed by atoms with Crippen molar-refractivity contribution < 1.29 is 19.1 Å². The third-order valence-corrected chi connectivity index (χ3v) is 7.21. The van der Waals surface area contributed by atoms with Gasteiger partial charge in [-0.25, -0.2) is 19.2 Å². The molecule has 2 amide bonds. The van der Waals surface area contributed by atoms with E-state index in [4.69, 9.17) is 11.6 Å². The highest BCUT2D eigenvalue weighted by Gasteiger charge is 2.32. The smallest absolute Gasteiger partial charge is 0.405 e. The van der Waals surface area contributed by atoms with Gasteiger partial charge in [-0.2, -0.15) is 0 Å². The lowest BCUT2D eigenvalue weighted by Gasteiger charge is -2.37. The molecule has 0 saturated carbocycles. The average molecular weight is 480 g/mol. The number of hydrogen-bond donors (Lipinski definition) is 2. The maximum absolute atomic E-state index is 13.8. The summed E-state index contributed by atoms with van der Waals surface area (Å²) in [5.74, 6) is 0.845. The monoisotopic (exact) mass is 479 g/mol. The molecule has 3 heterocycles. The lowest BCUT2D eigenvalue weighted by atomic mass is 10.0. The molecule has 2 aliphatic heterocycles. The van der Waals surface area contributed by atoms with Crippen molar-refractivity contribution in [3.05, 3.63) is 52.2 Å². The molecule has 32 heavy (non-hydrogen) atoms. The van der Waals surface area contributed by atoms with Crippen molar-refractivity contribution in [1.82, 2.24) is 20.2 Å². The van der Waals surface area contributed by atoms with E-state index in [0.29, 0.717) is 37.0 Å². The van der Waals surface area contributed by atoms with Gasteiger partial charge in [0.25, 0.3) is 0 Å². The number of carboxylic acid groups (broad SMARTS) is 1. The Balaban J connectivity index is 1.44. The number of halogens is 2. The molecule has 0 unspecified atom stereocenters. The van der Waals surface area contributed by atoms with Crippen molar-refractivity contribution in [2.75, 3.05) is 31.1 Å². The number of piperazine rings is 1. The number of rotatable bonds is 5. The number of aromatic nitrogens is 2. The van der Waals surface area contributed by atoms with Crippen molar-refractivity contribution in [2.45, 2.75) is 30.4 Å². The third-order valence-electron chi connectivity index (χ3n) is 5.73. The maximum Gasteiger partial charge on any atom is 0.405 e. The van der Waals surface area contributed by atoms with Crippen LogP contribution >= 0.6 is 23.4 Å². The topological polar surface area (TPSA) is 98.7 Å². The summed E-state index contributed by atoms with van der Waals surface area (Å²) in [4.78, 5) is 37.1. The van der Waals surface area contributed by atoms with E-state index in [1.807, 2.05) is 11.8 Å². The van der Waals surface area contributed by atoms with Crippen LogP contribution < -0.4 is 10.2 Å². The van der Waals surface area contributed by atoms with Crippen LogP contribution in [0.2, 0.25) is 5.02 Å². The number of carbonyl (C=O) groups is 2. The van der Waals surface area contributed by atoms with Gasteiger partial charge in [-0.3, -0.25) is 4.79 Å². The molecular weight excluding hydrogens is 457 g/mol. The van der Waals surface area contributed by atoms with Gasteiger partial charge in [0.1, 0.15) is 24.0 Å². The molecule has 1 aromatic carbocycles. The number of anilines is 1. The maximum atomic E-state index is 13.8. The van der Waals surface area contributed by atoms with E-state index in [2.05, 4.69) is 27.1 Å². The van der Waals surface area contributed by atoms with Gasteiger partial charge in [0, 0.05) is 49.2 Å². The van der Waals surface area contributed by atoms with Crippen LogP contribution in [0.25, 0.3) is 0 Å². The Kier molecular flexibility index (Phi) is 6.71. The highest BCUT2D eigenvalue weighted by Crippen LogP contribution is 2.44. The van der Waals surface area contributed by atoms with Crippen LogP contribution in [0.3, 0.4) is 0 Å². The minimum atomic E-state index is -1.31. The zero-order valence-electron chi connectivity index (χ0n) is 17.4. The summed E-state index contributed by atoms with van der Waals surface area (Å²) < 4.78 is 13.8. The number of nitrogens with one attached hydrogen (secondary N) is 1. The predicted octanol–water partition coefficient (Wildman–Crippen LogP) is 3.10. The molecule has 0 bridgehead atoms. The molecule has 2 aromatic rings. The molecule has 1 aromatic heterocycles. The summed E-state index contributed by atoms with van der Waals surface area (Å²) in [6, 6.07) is 3.19. The fourth-order valence-corrected chi connectivity index (χ4v) is 5.27. The van der Waals surface area contributed by atoms with Crippen molar-refractivity contribution in [2.24, 2.45) is 0 Å². The Morgan fingerprint density at radius 3 is 2.75 bits per heavy atom. The molecule has 0 spiro atoms. The Labute approximate surface area is 194 Å². The first-order valence-corrected chi connectivity index (χ1v) is 11.7. The van der Waals surface area contributed by atoms with Gasteiger partial charge in [-0.05, 0) is 24.6 Å². The molecule has 2 aliphatic rings. The van der Waals surface area contributed by atoms with Crippen molar-refractivity contribution in [3.63, 3.8) is 0 Å². The third kappa shape index (κ3) is 4.75. The van der Waals surface area contributed by atoms with E-state index in [1.165, 1.54) is 12.1 Å². The second-order valence-corrected chi connectivity index (χ2v) is 9.51. The first-order valence-electron chi connectivity index (χ1n) is 10.3. The number of thioether (sulfide) groups is 1. The highest BCUT2D eigenvalue weighted by atomic mass is 35.5. The van der Waals surface area contributed by atoms with Crippen LogP contribution in [0.5, 0.6) is 0 Å². The normalized spacial score (nSPS) is 18.9. The van der Waals surface area contributed by atoms with E-state index in [9.17, 15) is 19.1 Å². The number of amides is 2. The number of benzene rings is 1. The molecule has 11 heteroatoms. The molecule has 0 aliphatic carbocycles. The van der Waals surface area contributed by atoms with E-state index in [-0.39, 0.29) is 17.4 Å². The molecule has 2 atom stereocenters. The Hall–Kier alpha value is -2.59. The van der Waals surface area contributed by atoms with E-state index < -0.39 is 18.0 Å². The summed E-state index contributed by atoms with van der Waals surface area (Å²) in [6.07, 6.45) is 0.315. The lowest BCUT2D eigenvalue weighted by Crippen LogP contribution is -2.55. The summed E-state index contributed by atoms with van der Waals surface area (Å²) in [5, 5.41) is 11.8. The lowest BCUT2D eigenvalue weighted by molar-refractivity contribution is -0.133. The standard InChI is InChI=1S/C21H23ClFN5O3S/c1-12-18-17(10-32-12)24-11-25-19(18)27-4-6-28(7-5-27)20(29)16(26-21(30)31)9-13-2-3-14(22)15(23)8-13/h2-3,8,11-12,16,26H,4-7,9-10H2,1H3,(H,30,31)/t12-,16-/m1/s1. The molecule has 2 N–H and O–H groups in total. The van der Waals surface area contributed by atoms with E-state index in [0.717, 1.165) is 22.8 Å². The first kappa shape index (κ1) is 22.6. The number of hydrogen-bond acceptors (Lipinski definition) is 6. The van der Waals surface area contributed by atoms with Crippen LogP contribution in [-0.2, 0) is 17.0 Å². The molecular formula is C21H23ClFN5O3S. The molecule has 1 saturated heterocycles. The number of nitrogens with zero attached hydrogens (tertiary/aromatic N) is 4. The zero-order valence-corrected chi connectivity index (χ0v) is 19.0. The SMILES string of the molecule is C[C@H]1SCc2ncnc(N3CCN(C(=O)[C@@H](Cc4ccc(Cl)c(F)c4)NC(=O)O)CC3)c21. The average Bonchev–Trinajstić information content (AvgIpc) is 3.16. The van der Waals surface area contributed by atoms with Crippen LogP contribution in [0.1, 0.15) is 29.0 Å². The van der Waals surface area contributed by atoms with Crippen LogP contribution in [0, 0.1) is 5.82 Å². The van der Waals surface area contributed by atoms with Crippen molar-refractivity contribution in [3.8, 4) is 0 Å². The Morgan fingerprint density at radius 2 is 2.06 bits per heavy atom. The fourth-order valence-electron chi connectivity index (χ4n) is 4.10. The summed E-state index contributed by atoms with van der Waals surface area (Å²) in [5.41, 5.74) is 2.71. The summed E-state index contributed by atoms with van der Waals surface area (Å²) in [7, 11) is 0. The first-order chi connectivity index (χ1) is 15.3. The van der Waals surface area contributed by atoms with Crippen LogP contribution in [-0.4, -0.2) is 64.2 Å². The number of carbonyl (C=O) groups excluding carboxylic acids is 1. The highest BCUT2D eigenvalue weighted by molar-refractivity contribution is 7.99.